The molecule has 0 fully saturated rings. The van der Waals surface area contributed by atoms with E-state index in [0.717, 1.165) is 0 Å². The number of aromatic nitrogens is 2. The standard InChI is InChI=1S/C9H16N4O/c1-6-12-7(13-14-6)5-11-8(10)9(2,3)4/h5H2,1-4H3,(H2,10,11). The minimum atomic E-state index is -0.112. The Balaban J connectivity index is 2.64. The molecule has 0 unspecified atom stereocenters. The molecule has 0 atom stereocenters. The molecule has 0 radical (unpaired) electrons. The molecule has 0 aliphatic rings. The first kappa shape index (κ1) is 10.7. The highest BCUT2D eigenvalue weighted by Crippen LogP contribution is 2.13. The third-order valence-corrected chi connectivity index (χ3v) is 1.73. The van der Waals surface area contributed by atoms with E-state index in [1.165, 1.54) is 0 Å². The zero-order valence-corrected chi connectivity index (χ0v) is 9.03. The third kappa shape index (κ3) is 2.83. The molecule has 0 aromatic carbocycles. The van der Waals surface area contributed by atoms with E-state index in [9.17, 15) is 0 Å². The lowest BCUT2D eigenvalue weighted by molar-refractivity contribution is 0.387. The van der Waals surface area contributed by atoms with Gasteiger partial charge in [0, 0.05) is 12.3 Å². The number of nitrogens with two attached hydrogens (primary N) is 1. The van der Waals surface area contributed by atoms with Crippen LogP contribution in [0, 0.1) is 12.3 Å². The van der Waals surface area contributed by atoms with Crippen LogP contribution in [0.4, 0.5) is 0 Å². The highest BCUT2D eigenvalue weighted by atomic mass is 16.5. The van der Waals surface area contributed by atoms with E-state index in [1.807, 2.05) is 20.8 Å². The zero-order chi connectivity index (χ0) is 10.8. The van der Waals surface area contributed by atoms with Crippen LogP contribution in [0.2, 0.25) is 0 Å². The van der Waals surface area contributed by atoms with Crippen LogP contribution in [0.1, 0.15) is 32.5 Å². The first-order valence-corrected chi connectivity index (χ1v) is 4.49. The fraction of sp³-hybridized carbons (Fsp3) is 0.667. The molecule has 0 aliphatic carbocycles. The van der Waals surface area contributed by atoms with Gasteiger partial charge in [-0.3, -0.25) is 4.99 Å². The highest BCUT2D eigenvalue weighted by Gasteiger charge is 2.15. The SMILES string of the molecule is Cc1nc(CN=C(N)C(C)(C)C)no1. The fourth-order valence-electron chi connectivity index (χ4n) is 0.799. The normalized spacial score (nSPS) is 13.3. The molecule has 78 valence electrons. The van der Waals surface area contributed by atoms with Gasteiger partial charge in [0.1, 0.15) is 6.54 Å². The second kappa shape index (κ2) is 3.77. The maximum absolute atomic E-state index is 5.77. The topological polar surface area (TPSA) is 77.3 Å². The van der Waals surface area contributed by atoms with E-state index in [2.05, 4.69) is 15.1 Å². The predicted molar refractivity (Wildman–Crippen MR) is 53.8 cm³/mol. The molecular weight excluding hydrogens is 180 g/mol. The number of amidine groups is 1. The fourth-order valence-corrected chi connectivity index (χ4v) is 0.799. The molecule has 0 amide bonds. The molecule has 1 heterocycles. The summed E-state index contributed by atoms with van der Waals surface area (Å²) in [7, 11) is 0. The molecule has 0 bridgehead atoms. The number of aryl methyl sites for hydroxylation is 1. The maximum Gasteiger partial charge on any atom is 0.223 e. The number of nitrogens with zero attached hydrogens (tertiary/aromatic N) is 3. The van der Waals surface area contributed by atoms with Crippen molar-refractivity contribution >= 4 is 5.84 Å². The molecule has 5 nitrogen and oxygen atoms in total. The van der Waals surface area contributed by atoms with Crippen LogP contribution in [0.3, 0.4) is 0 Å². The summed E-state index contributed by atoms with van der Waals surface area (Å²) in [5, 5.41) is 3.72. The van der Waals surface area contributed by atoms with Crippen molar-refractivity contribution in [3.05, 3.63) is 11.7 Å². The average molecular weight is 196 g/mol. The van der Waals surface area contributed by atoms with Crippen LogP contribution < -0.4 is 5.73 Å². The molecule has 0 aliphatic heterocycles. The summed E-state index contributed by atoms with van der Waals surface area (Å²) >= 11 is 0. The summed E-state index contributed by atoms with van der Waals surface area (Å²) in [6, 6.07) is 0. The summed E-state index contributed by atoms with van der Waals surface area (Å²) in [6.07, 6.45) is 0. The first-order chi connectivity index (χ1) is 6.39. The second-order valence-corrected chi connectivity index (χ2v) is 4.18. The Hall–Kier alpha value is -1.39. The van der Waals surface area contributed by atoms with Gasteiger partial charge in [-0.1, -0.05) is 25.9 Å². The van der Waals surface area contributed by atoms with E-state index >= 15 is 0 Å². The van der Waals surface area contributed by atoms with Crippen LogP contribution >= 0.6 is 0 Å². The van der Waals surface area contributed by atoms with E-state index in [0.29, 0.717) is 24.1 Å². The second-order valence-electron chi connectivity index (χ2n) is 4.18. The van der Waals surface area contributed by atoms with Gasteiger partial charge in [-0.2, -0.15) is 4.98 Å². The van der Waals surface area contributed by atoms with Crippen LogP contribution in [0.15, 0.2) is 9.52 Å². The Morgan fingerprint density at radius 3 is 2.57 bits per heavy atom. The van der Waals surface area contributed by atoms with E-state index in [-0.39, 0.29) is 5.41 Å². The summed E-state index contributed by atoms with van der Waals surface area (Å²) in [6.45, 7) is 8.14. The van der Waals surface area contributed by atoms with Gasteiger partial charge in [0.2, 0.25) is 5.89 Å². The number of aliphatic imine (C=N–C) groups is 1. The van der Waals surface area contributed by atoms with Crippen molar-refractivity contribution in [3.63, 3.8) is 0 Å². The van der Waals surface area contributed by atoms with Gasteiger partial charge in [0.05, 0.1) is 5.84 Å². The number of hydrogen-bond acceptors (Lipinski definition) is 4. The Morgan fingerprint density at radius 1 is 1.50 bits per heavy atom. The minimum Gasteiger partial charge on any atom is -0.387 e. The van der Waals surface area contributed by atoms with Gasteiger partial charge in [-0.15, -0.1) is 0 Å². The van der Waals surface area contributed by atoms with Crippen molar-refractivity contribution in [3.8, 4) is 0 Å². The van der Waals surface area contributed by atoms with E-state index in [1.54, 1.807) is 6.92 Å². The smallest absolute Gasteiger partial charge is 0.223 e. The Labute approximate surface area is 83.4 Å². The lowest BCUT2D eigenvalue weighted by atomic mass is 9.95. The van der Waals surface area contributed by atoms with Crippen LogP contribution in [-0.4, -0.2) is 16.0 Å². The molecule has 2 N–H and O–H groups in total. The number of hydrogen-bond donors (Lipinski definition) is 1. The number of rotatable bonds is 2. The minimum absolute atomic E-state index is 0.112. The Bertz CT molecular complexity index is 335. The van der Waals surface area contributed by atoms with Gasteiger partial charge in [-0.25, -0.2) is 0 Å². The summed E-state index contributed by atoms with van der Waals surface area (Å²) < 4.78 is 4.81. The quantitative estimate of drug-likeness (QED) is 0.571. The van der Waals surface area contributed by atoms with Crippen LogP contribution in [0.5, 0.6) is 0 Å². The molecule has 1 rings (SSSR count). The maximum atomic E-state index is 5.77. The van der Waals surface area contributed by atoms with Crippen molar-refractivity contribution in [2.75, 3.05) is 0 Å². The lowest BCUT2D eigenvalue weighted by Gasteiger charge is -2.16. The summed E-state index contributed by atoms with van der Waals surface area (Å²) in [5.74, 6) is 1.71. The Kier molecular flexibility index (Phi) is 2.88. The Morgan fingerprint density at radius 2 is 2.14 bits per heavy atom. The first-order valence-electron chi connectivity index (χ1n) is 4.49. The highest BCUT2D eigenvalue weighted by molar-refractivity contribution is 5.85. The van der Waals surface area contributed by atoms with Crippen LogP contribution in [0.25, 0.3) is 0 Å². The molecule has 0 saturated carbocycles. The van der Waals surface area contributed by atoms with Gasteiger partial charge in [0.15, 0.2) is 5.82 Å². The largest absolute Gasteiger partial charge is 0.387 e. The zero-order valence-electron chi connectivity index (χ0n) is 9.03. The molecule has 1 aromatic heterocycles. The molecule has 14 heavy (non-hydrogen) atoms. The van der Waals surface area contributed by atoms with E-state index in [4.69, 9.17) is 10.3 Å². The van der Waals surface area contributed by atoms with Gasteiger partial charge in [-0.05, 0) is 0 Å². The average Bonchev–Trinajstić information content (AvgIpc) is 2.45. The van der Waals surface area contributed by atoms with Gasteiger partial charge >= 0.3 is 0 Å². The molecule has 0 spiro atoms. The van der Waals surface area contributed by atoms with Crippen molar-refractivity contribution in [1.29, 1.82) is 0 Å². The molecule has 5 heteroatoms. The third-order valence-electron chi connectivity index (χ3n) is 1.73. The van der Waals surface area contributed by atoms with E-state index < -0.39 is 0 Å². The molecule has 0 saturated heterocycles. The van der Waals surface area contributed by atoms with Crippen molar-refractivity contribution in [2.24, 2.45) is 16.1 Å². The summed E-state index contributed by atoms with van der Waals surface area (Å²) in [4.78, 5) is 8.21. The predicted octanol–water partition coefficient (Wildman–Crippen LogP) is 1.28. The molecular formula is C9H16N4O. The summed E-state index contributed by atoms with van der Waals surface area (Å²) in [5.41, 5.74) is 5.66. The monoisotopic (exact) mass is 196 g/mol. The van der Waals surface area contributed by atoms with Gasteiger partial charge < -0.3 is 10.3 Å². The van der Waals surface area contributed by atoms with Crippen molar-refractivity contribution in [1.82, 2.24) is 10.1 Å². The van der Waals surface area contributed by atoms with Crippen LogP contribution in [-0.2, 0) is 6.54 Å². The van der Waals surface area contributed by atoms with Gasteiger partial charge in [0.25, 0.3) is 0 Å². The van der Waals surface area contributed by atoms with Crippen molar-refractivity contribution < 1.29 is 4.52 Å². The lowest BCUT2D eigenvalue weighted by Crippen LogP contribution is -2.29. The van der Waals surface area contributed by atoms with Crippen molar-refractivity contribution in [2.45, 2.75) is 34.2 Å². The molecule has 1 aromatic rings.